The number of rotatable bonds is 7. The number of alkyl halides is 2. The Balaban J connectivity index is 2.27. The van der Waals surface area contributed by atoms with Gasteiger partial charge in [0.05, 0.1) is 0 Å². The highest BCUT2D eigenvalue weighted by molar-refractivity contribution is 5.23. The molecule has 16 heavy (non-hydrogen) atoms. The Hall–Kier alpha value is -0.960. The van der Waals surface area contributed by atoms with Crippen LogP contribution in [0.2, 0.25) is 0 Å². The van der Waals surface area contributed by atoms with Crippen LogP contribution in [0.15, 0.2) is 24.3 Å². The van der Waals surface area contributed by atoms with Crippen LogP contribution in [0.5, 0.6) is 0 Å². The van der Waals surface area contributed by atoms with Crippen molar-refractivity contribution in [2.45, 2.75) is 39.2 Å². The Morgan fingerprint density at radius 3 is 2.38 bits per heavy atom. The predicted octanol–water partition coefficient (Wildman–Crippen LogP) is 3.90. The highest BCUT2D eigenvalue weighted by Gasteiger charge is 2.05. The van der Waals surface area contributed by atoms with Gasteiger partial charge >= 0.3 is 0 Å². The molecule has 0 aliphatic heterocycles. The molecule has 0 heterocycles. The van der Waals surface area contributed by atoms with Gasteiger partial charge in [-0.25, -0.2) is 8.78 Å². The second-order valence-electron chi connectivity index (χ2n) is 3.93. The topological polar surface area (TPSA) is 12.0 Å². The molecule has 1 N–H and O–H groups in total. The van der Waals surface area contributed by atoms with Crippen LogP contribution in [0, 0.1) is 0 Å². The first-order valence-corrected chi connectivity index (χ1v) is 5.81. The molecule has 90 valence electrons. The fourth-order valence-corrected chi connectivity index (χ4v) is 1.51. The zero-order chi connectivity index (χ0) is 11.8. The van der Waals surface area contributed by atoms with Gasteiger partial charge in [-0.2, -0.15) is 0 Å². The summed E-state index contributed by atoms with van der Waals surface area (Å²) < 4.78 is 24.5. The van der Waals surface area contributed by atoms with Gasteiger partial charge in [0.25, 0.3) is 6.43 Å². The lowest BCUT2D eigenvalue weighted by Gasteiger charge is -2.05. The number of benzene rings is 1. The maximum atomic E-state index is 12.3. The summed E-state index contributed by atoms with van der Waals surface area (Å²) >= 11 is 0. The van der Waals surface area contributed by atoms with Crippen molar-refractivity contribution < 1.29 is 8.78 Å². The molecule has 0 aliphatic carbocycles. The summed E-state index contributed by atoms with van der Waals surface area (Å²) in [5, 5.41) is 3.30. The van der Waals surface area contributed by atoms with Crippen LogP contribution in [-0.4, -0.2) is 6.54 Å². The molecule has 0 aromatic heterocycles. The highest BCUT2D eigenvalue weighted by Crippen LogP contribution is 2.18. The van der Waals surface area contributed by atoms with Gasteiger partial charge in [-0.3, -0.25) is 0 Å². The zero-order valence-corrected chi connectivity index (χ0v) is 9.68. The molecule has 0 spiro atoms. The first kappa shape index (κ1) is 13.1. The Kier molecular flexibility index (Phi) is 6.01. The van der Waals surface area contributed by atoms with E-state index in [4.69, 9.17) is 0 Å². The molecule has 0 atom stereocenters. The third-order valence-corrected chi connectivity index (χ3v) is 2.52. The Bertz CT molecular complexity index is 282. The Labute approximate surface area is 95.9 Å². The molecule has 1 aromatic rings. The number of hydrogen-bond donors (Lipinski definition) is 1. The second kappa shape index (κ2) is 7.34. The minimum Gasteiger partial charge on any atom is -0.313 e. The Morgan fingerprint density at radius 2 is 1.81 bits per heavy atom. The van der Waals surface area contributed by atoms with Crippen molar-refractivity contribution in [1.82, 2.24) is 5.32 Å². The number of hydrogen-bond acceptors (Lipinski definition) is 1. The largest absolute Gasteiger partial charge is 0.313 e. The van der Waals surface area contributed by atoms with Crippen molar-refractivity contribution >= 4 is 0 Å². The molecular weight excluding hydrogens is 208 g/mol. The lowest BCUT2D eigenvalue weighted by Crippen LogP contribution is -2.14. The maximum absolute atomic E-state index is 12.3. The van der Waals surface area contributed by atoms with E-state index >= 15 is 0 Å². The van der Waals surface area contributed by atoms with Crippen molar-refractivity contribution in [3.8, 4) is 0 Å². The molecule has 0 saturated heterocycles. The van der Waals surface area contributed by atoms with Crippen molar-refractivity contribution in [2.24, 2.45) is 0 Å². The van der Waals surface area contributed by atoms with E-state index in [0.29, 0.717) is 0 Å². The normalized spacial score (nSPS) is 11.0. The highest BCUT2D eigenvalue weighted by atomic mass is 19.3. The smallest absolute Gasteiger partial charge is 0.263 e. The third-order valence-electron chi connectivity index (χ3n) is 2.52. The van der Waals surface area contributed by atoms with Gasteiger partial charge in [0.2, 0.25) is 0 Å². The summed E-state index contributed by atoms with van der Waals surface area (Å²) in [5.74, 6) is 0. The fraction of sp³-hybridized carbons (Fsp3) is 0.538. The molecule has 1 nitrogen and oxygen atoms in total. The monoisotopic (exact) mass is 227 g/mol. The molecule has 0 radical (unpaired) electrons. The summed E-state index contributed by atoms with van der Waals surface area (Å²) in [7, 11) is 0. The molecule has 0 saturated carbocycles. The van der Waals surface area contributed by atoms with Gasteiger partial charge in [0.15, 0.2) is 0 Å². The lowest BCUT2D eigenvalue weighted by molar-refractivity contribution is 0.151. The average molecular weight is 227 g/mol. The van der Waals surface area contributed by atoms with Gasteiger partial charge in [-0.05, 0) is 18.5 Å². The van der Waals surface area contributed by atoms with Crippen molar-refractivity contribution in [3.63, 3.8) is 0 Å². The molecule has 0 bridgehead atoms. The van der Waals surface area contributed by atoms with Crippen LogP contribution in [0.1, 0.15) is 43.7 Å². The predicted molar refractivity (Wildman–Crippen MR) is 62.6 cm³/mol. The first-order valence-electron chi connectivity index (χ1n) is 5.81. The SMILES string of the molecule is CCCCCNCc1ccc(C(F)F)cc1. The van der Waals surface area contributed by atoms with Gasteiger partial charge in [0, 0.05) is 12.1 Å². The second-order valence-corrected chi connectivity index (χ2v) is 3.93. The van der Waals surface area contributed by atoms with Gasteiger partial charge < -0.3 is 5.32 Å². The van der Waals surface area contributed by atoms with Crippen LogP contribution in [-0.2, 0) is 6.54 Å². The number of nitrogens with one attached hydrogen (secondary N) is 1. The minimum atomic E-state index is -2.37. The zero-order valence-electron chi connectivity index (χ0n) is 9.68. The van der Waals surface area contributed by atoms with Crippen LogP contribution in [0.3, 0.4) is 0 Å². The summed E-state index contributed by atoms with van der Waals surface area (Å²) in [5.41, 5.74) is 1.15. The van der Waals surface area contributed by atoms with Crippen LogP contribution in [0.4, 0.5) is 8.78 Å². The summed E-state index contributed by atoms with van der Waals surface area (Å²) in [4.78, 5) is 0. The maximum Gasteiger partial charge on any atom is 0.263 e. The quantitative estimate of drug-likeness (QED) is 0.696. The molecule has 1 aromatic carbocycles. The molecule has 0 fully saturated rings. The Morgan fingerprint density at radius 1 is 1.12 bits per heavy atom. The molecule has 3 heteroatoms. The van der Waals surface area contributed by atoms with Crippen LogP contribution >= 0.6 is 0 Å². The van der Waals surface area contributed by atoms with E-state index in [1.165, 1.54) is 31.4 Å². The molecule has 1 rings (SSSR count). The fourth-order valence-electron chi connectivity index (χ4n) is 1.51. The van der Waals surface area contributed by atoms with E-state index in [0.717, 1.165) is 18.7 Å². The van der Waals surface area contributed by atoms with E-state index < -0.39 is 6.43 Å². The number of unbranched alkanes of at least 4 members (excludes halogenated alkanes) is 2. The van der Waals surface area contributed by atoms with E-state index in [9.17, 15) is 8.78 Å². The first-order chi connectivity index (χ1) is 7.74. The minimum absolute atomic E-state index is 0.0923. The standard InChI is InChI=1S/C13H19F2N/c1-2-3-4-9-16-10-11-5-7-12(8-6-11)13(14)15/h5-8,13,16H,2-4,9-10H2,1H3. The van der Waals surface area contributed by atoms with E-state index in [1.807, 2.05) is 0 Å². The van der Waals surface area contributed by atoms with E-state index in [2.05, 4.69) is 12.2 Å². The van der Waals surface area contributed by atoms with Crippen molar-refractivity contribution in [3.05, 3.63) is 35.4 Å². The van der Waals surface area contributed by atoms with Gasteiger partial charge in [-0.1, -0.05) is 44.0 Å². The summed E-state index contributed by atoms with van der Waals surface area (Å²) in [6, 6.07) is 6.50. The van der Waals surface area contributed by atoms with Gasteiger partial charge in [0.1, 0.15) is 0 Å². The van der Waals surface area contributed by atoms with Crippen LogP contribution in [0.25, 0.3) is 0 Å². The third kappa shape index (κ3) is 4.71. The molecular formula is C13H19F2N. The van der Waals surface area contributed by atoms with Crippen LogP contribution < -0.4 is 5.32 Å². The van der Waals surface area contributed by atoms with Crippen molar-refractivity contribution in [2.75, 3.05) is 6.54 Å². The average Bonchev–Trinajstić information content (AvgIpc) is 2.29. The van der Waals surface area contributed by atoms with E-state index in [1.54, 1.807) is 12.1 Å². The van der Waals surface area contributed by atoms with E-state index in [-0.39, 0.29) is 5.56 Å². The molecule has 0 aliphatic rings. The molecule has 0 amide bonds. The summed E-state index contributed by atoms with van der Waals surface area (Å²) in [6.45, 7) is 3.92. The lowest BCUT2D eigenvalue weighted by atomic mass is 10.1. The van der Waals surface area contributed by atoms with Crippen molar-refractivity contribution in [1.29, 1.82) is 0 Å². The summed E-state index contributed by atoms with van der Waals surface area (Å²) in [6.07, 6.45) is 1.25. The van der Waals surface area contributed by atoms with Gasteiger partial charge in [-0.15, -0.1) is 0 Å². The molecule has 0 unspecified atom stereocenters. The number of halogens is 2.